The molecule has 0 fully saturated rings. The Morgan fingerprint density at radius 1 is 1.06 bits per heavy atom. The summed E-state index contributed by atoms with van der Waals surface area (Å²) in [6, 6.07) is 20.0. The topological polar surface area (TPSA) is 69.2 Å². The van der Waals surface area contributed by atoms with Gasteiger partial charge in [0.1, 0.15) is 12.4 Å². The van der Waals surface area contributed by atoms with Gasteiger partial charge >= 0.3 is 0 Å². The highest BCUT2D eigenvalue weighted by Gasteiger charge is 2.07. The molecule has 1 N–H and O–H groups in total. The zero-order valence-electron chi connectivity index (χ0n) is 16.7. The van der Waals surface area contributed by atoms with Crippen LogP contribution in [-0.2, 0) is 11.4 Å². The number of nitrogens with zero attached hydrogens (tertiary/aromatic N) is 1. The Balaban J connectivity index is 1.52. The van der Waals surface area contributed by atoms with Crippen molar-refractivity contribution >= 4 is 39.7 Å². The summed E-state index contributed by atoms with van der Waals surface area (Å²) in [6.07, 6.45) is 1.51. The van der Waals surface area contributed by atoms with Crippen molar-refractivity contribution in [2.45, 2.75) is 6.61 Å². The van der Waals surface area contributed by atoms with E-state index in [1.165, 1.54) is 6.21 Å². The van der Waals surface area contributed by atoms with E-state index in [4.69, 9.17) is 25.8 Å². The molecular formula is C23H20BrClN2O4. The van der Waals surface area contributed by atoms with Gasteiger partial charge in [0.25, 0.3) is 5.91 Å². The average Bonchev–Trinajstić information content (AvgIpc) is 2.78. The van der Waals surface area contributed by atoms with E-state index < -0.39 is 0 Å². The summed E-state index contributed by atoms with van der Waals surface area (Å²) in [5.74, 6) is 1.35. The van der Waals surface area contributed by atoms with E-state index >= 15 is 0 Å². The highest BCUT2D eigenvalue weighted by Crippen LogP contribution is 2.29. The van der Waals surface area contributed by atoms with Crippen LogP contribution in [0.2, 0.25) is 5.02 Å². The number of hydrogen-bond acceptors (Lipinski definition) is 5. The highest BCUT2D eigenvalue weighted by molar-refractivity contribution is 9.10. The minimum atomic E-state index is -0.370. The van der Waals surface area contributed by atoms with Gasteiger partial charge < -0.3 is 14.2 Å². The molecule has 0 saturated carbocycles. The molecule has 0 spiro atoms. The van der Waals surface area contributed by atoms with Crippen molar-refractivity contribution in [2.75, 3.05) is 13.7 Å². The Labute approximate surface area is 193 Å². The first-order valence-corrected chi connectivity index (χ1v) is 10.5. The summed E-state index contributed by atoms with van der Waals surface area (Å²) in [7, 11) is 1.56. The average molecular weight is 504 g/mol. The van der Waals surface area contributed by atoms with E-state index in [9.17, 15) is 4.79 Å². The predicted molar refractivity (Wildman–Crippen MR) is 124 cm³/mol. The fourth-order valence-corrected chi connectivity index (χ4v) is 3.00. The third kappa shape index (κ3) is 7.01. The molecule has 3 aromatic rings. The van der Waals surface area contributed by atoms with Crippen molar-refractivity contribution in [2.24, 2.45) is 5.10 Å². The summed E-state index contributed by atoms with van der Waals surface area (Å²) in [6.45, 7) is 0.176. The molecule has 6 nitrogen and oxygen atoms in total. The van der Waals surface area contributed by atoms with Crippen molar-refractivity contribution in [3.63, 3.8) is 0 Å². The number of amides is 1. The van der Waals surface area contributed by atoms with Crippen LogP contribution in [0.25, 0.3) is 0 Å². The number of methoxy groups -OCH3 is 1. The molecule has 0 bridgehead atoms. The first kappa shape index (κ1) is 22.7. The number of hydrogen-bond donors (Lipinski definition) is 1. The van der Waals surface area contributed by atoms with E-state index in [1.807, 2.05) is 36.4 Å². The summed E-state index contributed by atoms with van der Waals surface area (Å²) in [5, 5.41) is 4.60. The van der Waals surface area contributed by atoms with E-state index in [0.717, 1.165) is 15.6 Å². The van der Waals surface area contributed by atoms with Gasteiger partial charge in [-0.2, -0.15) is 5.10 Å². The standard InChI is InChI=1S/C23H20BrClN2O4/c1-29-22-12-16(6-11-21(22)31-14-17-4-2-3-5-20(17)25)13-26-27-23(28)15-30-19-9-7-18(24)8-10-19/h2-13H,14-15H2,1H3,(H,27,28)/b26-13+. The second-order valence-corrected chi connectivity index (χ2v) is 7.65. The van der Waals surface area contributed by atoms with Crippen LogP contribution in [0.3, 0.4) is 0 Å². The maximum absolute atomic E-state index is 11.9. The lowest BCUT2D eigenvalue weighted by Crippen LogP contribution is -2.24. The van der Waals surface area contributed by atoms with E-state index in [-0.39, 0.29) is 12.5 Å². The predicted octanol–water partition coefficient (Wildman–Crippen LogP) is 5.22. The number of ether oxygens (including phenoxy) is 3. The number of nitrogens with one attached hydrogen (secondary N) is 1. The number of halogens is 2. The van der Waals surface area contributed by atoms with Crippen LogP contribution in [0.1, 0.15) is 11.1 Å². The third-order valence-electron chi connectivity index (χ3n) is 4.12. The number of carbonyl (C=O) groups excluding carboxylic acids is 1. The van der Waals surface area contributed by atoms with Crippen molar-refractivity contribution in [1.29, 1.82) is 0 Å². The first-order chi connectivity index (χ1) is 15.0. The summed E-state index contributed by atoms with van der Waals surface area (Å²) in [4.78, 5) is 11.9. The monoisotopic (exact) mass is 502 g/mol. The smallest absolute Gasteiger partial charge is 0.277 e. The molecule has 0 radical (unpaired) electrons. The van der Waals surface area contributed by atoms with E-state index in [0.29, 0.717) is 28.9 Å². The van der Waals surface area contributed by atoms with Crippen LogP contribution in [0.4, 0.5) is 0 Å². The van der Waals surface area contributed by atoms with Crippen molar-refractivity contribution in [3.8, 4) is 17.2 Å². The molecule has 3 aromatic carbocycles. The Morgan fingerprint density at radius 3 is 2.58 bits per heavy atom. The molecule has 0 saturated heterocycles. The van der Waals surface area contributed by atoms with Crippen molar-refractivity contribution < 1.29 is 19.0 Å². The summed E-state index contributed by atoms with van der Waals surface area (Å²) in [5.41, 5.74) is 4.04. The van der Waals surface area contributed by atoms with Crippen LogP contribution < -0.4 is 19.6 Å². The van der Waals surface area contributed by atoms with Crippen molar-refractivity contribution in [1.82, 2.24) is 5.43 Å². The van der Waals surface area contributed by atoms with E-state index in [2.05, 4.69) is 26.5 Å². The molecule has 0 aliphatic carbocycles. The van der Waals surface area contributed by atoms with Gasteiger partial charge in [-0.25, -0.2) is 5.43 Å². The van der Waals surface area contributed by atoms with E-state index in [1.54, 1.807) is 37.4 Å². The lowest BCUT2D eigenvalue weighted by atomic mass is 10.2. The Bertz CT molecular complexity index is 1060. The Hall–Kier alpha value is -3.03. The highest BCUT2D eigenvalue weighted by atomic mass is 79.9. The molecule has 8 heteroatoms. The van der Waals surface area contributed by atoms with Gasteiger partial charge in [-0.05, 0) is 54.1 Å². The molecule has 31 heavy (non-hydrogen) atoms. The number of carbonyl (C=O) groups is 1. The van der Waals surface area contributed by atoms with Gasteiger partial charge in [0, 0.05) is 15.1 Å². The molecule has 0 aliphatic rings. The van der Waals surface area contributed by atoms with Gasteiger partial charge in [-0.1, -0.05) is 45.7 Å². The molecule has 160 valence electrons. The second-order valence-electron chi connectivity index (χ2n) is 6.33. The first-order valence-electron chi connectivity index (χ1n) is 9.29. The van der Waals surface area contributed by atoms with Crippen LogP contribution >= 0.6 is 27.5 Å². The number of rotatable bonds is 9. The SMILES string of the molecule is COc1cc(/C=N/NC(=O)COc2ccc(Br)cc2)ccc1OCc1ccccc1Cl. The zero-order chi connectivity index (χ0) is 22.1. The molecule has 1 amide bonds. The minimum Gasteiger partial charge on any atom is -0.493 e. The largest absolute Gasteiger partial charge is 0.493 e. The van der Waals surface area contributed by atoms with Gasteiger partial charge in [-0.3, -0.25) is 4.79 Å². The lowest BCUT2D eigenvalue weighted by Gasteiger charge is -2.12. The van der Waals surface area contributed by atoms with Crippen LogP contribution in [0, 0.1) is 0 Å². The number of hydrazone groups is 1. The van der Waals surface area contributed by atoms with Crippen LogP contribution in [0.5, 0.6) is 17.2 Å². The molecule has 0 atom stereocenters. The van der Waals surface area contributed by atoms with Gasteiger partial charge in [0.15, 0.2) is 18.1 Å². The number of benzene rings is 3. The maximum atomic E-state index is 11.9. The molecule has 0 heterocycles. The van der Waals surface area contributed by atoms with Gasteiger partial charge in [-0.15, -0.1) is 0 Å². The van der Waals surface area contributed by atoms with Gasteiger partial charge in [0.2, 0.25) is 0 Å². The van der Waals surface area contributed by atoms with Gasteiger partial charge in [0.05, 0.1) is 13.3 Å². The summed E-state index contributed by atoms with van der Waals surface area (Å²) < 4.78 is 17.6. The molecular weight excluding hydrogens is 484 g/mol. The normalized spacial score (nSPS) is 10.7. The Morgan fingerprint density at radius 2 is 1.84 bits per heavy atom. The molecule has 0 aliphatic heterocycles. The fraction of sp³-hybridized carbons (Fsp3) is 0.130. The minimum absolute atomic E-state index is 0.142. The summed E-state index contributed by atoms with van der Waals surface area (Å²) >= 11 is 9.50. The molecule has 0 aromatic heterocycles. The van der Waals surface area contributed by atoms with Crippen LogP contribution in [0.15, 0.2) is 76.3 Å². The zero-order valence-corrected chi connectivity index (χ0v) is 19.0. The quantitative estimate of drug-likeness (QED) is 0.321. The molecule has 0 unspecified atom stereocenters. The van der Waals surface area contributed by atoms with Crippen molar-refractivity contribution in [3.05, 3.63) is 87.4 Å². The Kier molecular flexibility index (Phi) is 8.32. The molecule has 3 rings (SSSR count). The lowest BCUT2D eigenvalue weighted by molar-refractivity contribution is -0.123. The van der Waals surface area contributed by atoms with Crippen LogP contribution in [-0.4, -0.2) is 25.8 Å². The second kappa shape index (κ2) is 11.4. The third-order valence-corrected chi connectivity index (χ3v) is 5.01. The fourth-order valence-electron chi connectivity index (χ4n) is 2.55. The maximum Gasteiger partial charge on any atom is 0.277 e.